The summed E-state index contributed by atoms with van der Waals surface area (Å²) < 4.78 is 0. The highest BCUT2D eigenvalue weighted by Gasteiger charge is 2.67. The Balaban J connectivity index is 1.77. The van der Waals surface area contributed by atoms with Gasteiger partial charge in [-0.25, -0.2) is 0 Å². The van der Waals surface area contributed by atoms with Crippen LogP contribution in [-0.4, -0.2) is 85.5 Å². The zero-order chi connectivity index (χ0) is 29.6. The molecule has 7 N–H and O–H groups in total. The molecule has 0 fully saturated rings. The van der Waals surface area contributed by atoms with Gasteiger partial charge in [-0.15, -0.1) is 11.3 Å². The standard InChI is InChI=1S/C28H28N2O9S/c1-9-11-5-6-13(24-12(10(2)31)7-8-40-24)20(32)15(11)21(33)16-14(9)22(34)18-19(30(3)4)23(35)17(27(29)38)26(37)28(18,39)25(16)36/h5-9,14,18-19,22,32,34-36,39H,1-4H3,(H2,29,38). The zero-order valence-corrected chi connectivity index (χ0v) is 22.8. The Morgan fingerprint density at radius 2 is 1.75 bits per heavy atom. The average Bonchev–Trinajstić information content (AvgIpc) is 3.36. The summed E-state index contributed by atoms with van der Waals surface area (Å²) in [6.07, 6.45) is -1.67. The first-order valence-electron chi connectivity index (χ1n) is 12.4. The minimum atomic E-state index is -2.98. The van der Waals surface area contributed by atoms with E-state index >= 15 is 0 Å². The lowest BCUT2D eigenvalue weighted by atomic mass is 9.55. The first-order valence-corrected chi connectivity index (χ1v) is 13.3. The molecule has 3 aliphatic rings. The molecule has 1 heterocycles. The molecule has 40 heavy (non-hydrogen) atoms. The number of phenols is 1. The predicted molar refractivity (Wildman–Crippen MR) is 143 cm³/mol. The second-order valence-corrected chi connectivity index (χ2v) is 11.6. The van der Waals surface area contributed by atoms with Crippen molar-refractivity contribution < 1.29 is 44.7 Å². The number of benzene rings is 1. The van der Waals surface area contributed by atoms with E-state index in [1.54, 1.807) is 30.5 Å². The Hall–Kier alpha value is -3.84. The van der Waals surface area contributed by atoms with Gasteiger partial charge in [0.15, 0.2) is 17.2 Å². The second kappa shape index (κ2) is 9.10. The monoisotopic (exact) mass is 568 g/mol. The van der Waals surface area contributed by atoms with Crippen molar-refractivity contribution in [2.24, 2.45) is 17.6 Å². The predicted octanol–water partition coefficient (Wildman–Crippen LogP) is 1.58. The van der Waals surface area contributed by atoms with Crippen LogP contribution in [0.1, 0.15) is 46.0 Å². The van der Waals surface area contributed by atoms with Crippen LogP contribution in [0.3, 0.4) is 0 Å². The van der Waals surface area contributed by atoms with E-state index in [1.807, 2.05) is 0 Å². The fourth-order valence-electron chi connectivity index (χ4n) is 6.60. The first-order chi connectivity index (χ1) is 18.7. The van der Waals surface area contributed by atoms with Crippen LogP contribution in [0.15, 0.2) is 46.2 Å². The van der Waals surface area contributed by atoms with Crippen molar-refractivity contribution in [3.05, 3.63) is 62.9 Å². The number of rotatable bonds is 4. The Morgan fingerprint density at radius 1 is 1.10 bits per heavy atom. The fourth-order valence-corrected chi connectivity index (χ4v) is 7.57. The molecule has 6 unspecified atom stereocenters. The van der Waals surface area contributed by atoms with Crippen LogP contribution in [0.2, 0.25) is 0 Å². The van der Waals surface area contributed by atoms with E-state index in [2.05, 4.69) is 0 Å². The first kappa shape index (κ1) is 27.7. The topological polar surface area (TPSA) is 199 Å². The smallest absolute Gasteiger partial charge is 0.255 e. The largest absolute Gasteiger partial charge is 0.510 e. The van der Waals surface area contributed by atoms with Crippen molar-refractivity contribution in [1.82, 2.24) is 4.90 Å². The normalized spacial score (nSPS) is 29.8. The molecule has 5 rings (SSSR count). The molecule has 6 atom stereocenters. The van der Waals surface area contributed by atoms with Gasteiger partial charge in [0.05, 0.1) is 23.6 Å². The Labute approximate surface area is 232 Å². The van der Waals surface area contributed by atoms with E-state index < -0.39 is 81.4 Å². The molecule has 2 aromatic rings. The van der Waals surface area contributed by atoms with Gasteiger partial charge in [0.25, 0.3) is 5.91 Å². The van der Waals surface area contributed by atoms with Crippen molar-refractivity contribution in [1.29, 1.82) is 0 Å². The van der Waals surface area contributed by atoms with Crippen molar-refractivity contribution in [2.45, 2.75) is 37.5 Å². The van der Waals surface area contributed by atoms with Gasteiger partial charge >= 0.3 is 0 Å². The summed E-state index contributed by atoms with van der Waals surface area (Å²) in [6, 6.07) is 3.43. The summed E-state index contributed by atoms with van der Waals surface area (Å²) in [5.74, 6) is -9.74. The summed E-state index contributed by atoms with van der Waals surface area (Å²) in [5, 5.41) is 58.8. The molecule has 210 valence electrons. The number of carbonyl (C=O) groups excluding carboxylic acids is 4. The zero-order valence-electron chi connectivity index (χ0n) is 22.0. The van der Waals surface area contributed by atoms with Crippen molar-refractivity contribution in [3.63, 3.8) is 0 Å². The molecule has 0 saturated heterocycles. The van der Waals surface area contributed by atoms with Crippen LogP contribution < -0.4 is 5.73 Å². The Bertz CT molecular complexity index is 1590. The number of ketones is 3. The molecule has 1 amide bonds. The number of hydrogen-bond donors (Lipinski definition) is 6. The number of primary amides is 1. The number of phenolic OH excluding ortho intramolecular Hbond substituents is 1. The lowest BCUT2D eigenvalue weighted by molar-refractivity contribution is -0.162. The maximum absolute atomic E-state index is 14.0. The highest BCUT2D eigenvalue weighted by atomic mass is 32.1. The number of amides is 1. The molecule has 1 aromatic carbocycles. The summed E-state index contributed by atoms with van der Waals surface area (Å²) >= 11 is 1.19. The van der Waals surface area contributed by atoms with Gasteiger partial charge in [-0.1, -0.05) is 13.0 Å². The Morgan fingerprint density at radius 3 is 2.33 bits per heavy atom. The minimum absolute atomic E-state index is 0.205. The minimum Gasteiger partial charge on any atom is -0.510 e. The molecule has 0 aliphatic heterocycles. The van der Waals surface area contributed by atoms with E-state index in [-0.39, 0.29) is 16.9 Å². The van der Waals surface area contributed by atoms with Crippen LogP contribution in [0.25, 0.3) is 10.4 Å². The number of carbonyl (C=O) groups is 4. The third-order valence-corrected chi connectivity index (χ3v) is 9.37. The average molecular weight is 569 g/mol. The van der Waals surface area contributed by atoms with Gasteiger partial charge < -0.3 is 31.3 Å². The van der Waals surface area contributed by atoms with Gasteiger partial charge in [-0.05, 0) is 50.0 Å². The van der Waals surface area contributed by atoms with E-state index in [0.29, 0.717) is 16.0 Å². The molecular weight excluding hydrogens is 540 g/mol. The lowest BCUT2D eigenvalue weighted by Gasteiger charge is -2.53. The van der Waals surface area contributed by atoms with Crippen LogP contribution in [-0.2, 0) is 9.59 Å². The summed E-state index contributed by atoms with van der Waals surface area (Å²) in [4.78, 5) is 53.5. The highest BCUT2D eigenvalue weighted by Crippen LogP contribution is 2.56. The van der Waals surface area contributed by atoms with E-state index in [4.69, 9.17) is 5.73 Å². The van der Waals surface area contributed by atoms with Crippen LogP contribution in [0.4, 0.5) is 0 Å². The molecule has 3 aliphatic carbocycles. The number of nitrogens with two attached hydrogens (primary N) is 1. The number of thiophene rings is 1. The summed E-state index contributed by atoms with van der Waals surface area (Å²) in [5.41, 5.74) is 1.60. The molecule has 0 bridgehead atoms. The highest BCUT2D eigenvalue weighted by molar-refractivity contribution is 7.14. The van der Waals surface area contributed by atoms with E-state index in [0.717, 1.165) is 0 Å². The van der Waals surface area contributed by atoms with Gasteiger partial charge in [0.2, 0.25) is 5.78 Å². The number of Topliss-reactive ketones (excluding diaryl/α,β-unsaturated/α-hetero) is 3. The number of likely N-dealkylation sites (N-methyl/N-ethyl adjacent to an activating group) is 1. The molecule has 0 radical (unpaired) electrons. The molecular formula is C28H28N2O9S. The van der Waals surface area contributed by atoms with Crippen LogP contribution in [0.5, 0.6) is 5.75 Å². The summed E-state index contributed by atoms with van der Waals surface area (Å²) in [7, 11) is 2.95. The molecule has 0 spiro atoms. The number of aliphatic hydroxyl groups is 4. The fraction of sp³-hybridized carbons (Fsp3) is 0.357. The molecule has 0 saturated carbocycles. The van der Waals surface area contributed by atoms with Crippen LogP contribution in [0, 0.1) is 11.8 Å². The van der Waals surface area contributed by atoms with Crippen LogP contribution >= 0.6 is 11.3 Å². The van der Waals surface area contributed by atoms with Crippen molar-refractivity contribution in [2.75, 3.05) is 14.1 Å². The maximum atomic E-state index is 14.0. The van der Waals surface area contributed by atoms with Crippen molar-refractivity contribution >= 4 is 34.6 Å². The van der Waals surface area contributed by atoms with E-state index in [1.165, 1.54) is 37.3 Å². The maximum Gasteiger partial charge on any atom is 0.255 e. The summed E-state index contributed by atoms with van der Waals surface area (Å²) in [6.45, 7) is 3.03. The van der Waals surface area contributed by atoms with Crippen molar-refractivity contribution in [3.8, 4) is 16.2 Å². The number of nitrogens with zero attached hydrogens (tertiary/aromatic N) is 1. The second-order valence-electron chi connectivity index (χ2n) is 10.7. The number of hydrogen-bond acceptors (Lipinski definition) is 11. The third kappa shape index (κ3) is 3.40. The lowest BCUT2D eigenvalue weighted by Crippen LogP contribution is -2.68. The quantitative estimate of drug-likeness (QED) is 0.232. The number of aromatic hydroxyl groups is 1. The van der Waals surface area contributed by atoms with Gasteiger partial charge in [0.1, 0.15) is 22.8 Å². The molecule has 11 nitrogen and oxygen atoms in total. The Kier molecular flexibility index (Phi) is 6.30. The number of aliphatic hydroxyl groups excluding tert-OH is 3. The molecule has 1 aromatic heterocycles. The van der Waals surface area contributed by atoms with Gasteiger partial charge in [0, 0.05) is 27.5 Å². The van der Waals surface area contributed by atoms with Gasteiger partial charge in [-0.3, -0.25) is 24.1 Å². The van der Waals surface area contributed by atoms with E-state index in [9.17, 15) is 44.7 Å². The number of fused-ring (bicyclic) bond motifs is 3. The molecule has 12 heteroatoms. The van der Waals surface area contributed by atoms with Gasteiger partial charge in [-0.2, -0.15) is 0 Å². The SMILES string of the molecule is CC(=O)c1ccsc1-c1ccc2c(c1O)C(=O)C1=C(O)C3(O)C(=O)C(C(N)=O)=C(O)C(N(C)C)C3C(O)C1C2C. The third-order valence-electron chi connectivity index (χ3n) is 8.42.